The molecule has 1 aromatic carbocycles. The van der Waals surface area contributed by atoms with Gasteiger partial charge in [-0.2, -0.15) is 0 Å². The van der Waals surface area contributed by atoms with E-state index in [0.29, 0.717) is 11.7 Å². The first-order valence-corrected chi connectivity index (χ1v) is 7.78. The fraction of sp³-hybridized carbons (Fsp3) is 0.312. The molecule has 0 spiro atoms. The van der Waals surface area contributed by atoms with Crippen LogP contribution in [0.15, 0.2) is 35.7 Å². The number of carboxylic acids is 1. The number of rotatable bonds is 6. The molecule has 1 atom stereocenters. The predicted molar refractivity (Wildman–Crippen MR) is 83.4 cm³/mol. The van der Waals surface area contributed by atoms with Crippen LogP contribution in [0.1, 0.15) is 34.1 Å². The fourth-order valence-corrected chi connectivity index (χ4v) is 3.31. The second-order valence-corrected chi connectivity index (χ2v) is 6.17. The number of hydrogen-bond donors (Lipinski definition) is 2. The first-order valence-electron chi connectivity index (χ1n) is 6.90. The number of hydrogen-bond acceptors (Lipinski definition) is 4. The van der Waals surface area contributed by atoms with Crippen LogP contribution in [0.2, 0.25) is 0 Å². The zero-order valence-electron chi connectivity index (χ0n) is 11.7. The molecule has 1 aromatic heterocycles. The zero-order valence-corrected chi connectivity index (χ0v) is 12.5. The van der Waals surface area contributed by atoms with Gasteiger partial charge in [0.2, 0.25) is 0 Å². The van der Waals surface area contributed by atoms with Crippen LogP contribution in [-0.2, 0) is 0 Å². The molecule has 21 heavy (non-hydrogen) atoms. The van der Waals surface area contributed by atoms with E-state index in [0.717, 1.165) is 5.69 Å². The highest BCUT2D eigenvalue weighted by Gasteiger charge is 2.33. The van der Waals surface area contributed by atoms with Crippen LogP contribution >= 0.6 is 11.3 Å². The highest BCUT2D eigenvalue weighted by atomic mass is 32.1. The minimum absolute atomic E-state index is 0.225. The lowest BCUT2D eigenvalue weighted by molar-refractivity contribution is 0.0697. The Kier molecular flexibility index (Phi) is 3.84. The molecule has 1 heterocycles. The van der Waals surface area contributed by atoms with Gasteiger partial charge in [0.15, 0.2) is 0 Å². The van der Waals surface area contributed by atoms with Crippen molar-refractivity contribution in [3.63, 3.8) is 0 Å². The van der Waals surface area contributed by atoms with Crippen molar-refractivity contribution in [2.24, 2.45) is 5.92 Å². The van der Waals surface area contributed by atoms with Crippen LogP contribution in [0.4, 0.5) is 5.69 Å². The summed E-state index contributed by atoms with van der Waals surface area (Å²) in [7, 11) is 1.60. The number of nitrogens with one attached hydrogen (secondary N) is 1. The van der Waals surface area contributed by atoms with Crippen LogP contribution in [0, 0.1) is 5.92 Å². The summed E-state index contributed by atoms with van der Waals surface area (Å²) in [6.07, 6.45) is 2.41. The summed E-state index contributed by atoms with van der Waals surface area (Å²) in [6, 6.07) is 9.29. The van der Waals surface area contributed by atoms with Crippen molar-refractivity contribution in [1.82, 2.24) is 0 Å². The van der Waals surface area contributed by atoms with E-state index in [1.807, 2.05) is 6.07 Å². The van der Waals surface area contributed by atoms with E-state index in [4.69, 9.17) is 9.84 Å². The van der Waals surface area contributed by atoms with Gasteiger partial charge in [0.25, 0.3) is 0 Å². The molecule has 1 fully saturated rings. The van der Waals surface area contributed by atoms with Gasteiger partial charge in [-0.25, -0.2) is 4.79 Å². The molecule has 0 bridgehead atoms. The molecule has 0 radical (unpaired) electrons. The van der Waals surface area contributed by atoms with Crippen LogP contribution in [0.25, 0.3) is 0 Å². The number of methoxy groups -OCH3 is 1. The van der Waals surface area contributed by atoms with E-state index in [-0.39, 0.29) is 11.6 Å². The molecule has 1 aliphatic carbocycles. The quantitative estimate of drug-likeness (QED) is 0.846. The van der Waals surface area contributed by atoms with E-state index < -0.39 is 5.97 Å². The third kappa shape index (κ3) is 3.03. The molecule has 0 saturated heterocycles. The van der Waals surface area contributed by atoms with Crippen molar-refractivity contribution in [2.75, 3.05) is 12.4 Å². The second kappa shape index (κ2) is 5.77. The number of aromatic carboxylic acids is 1. The Morgan fingerprint density at radius 2 is 2.24 bits per heavy atom. The van der Waals surface area contributed by atoms with Gasteiger partial charge in [-0.1, -0.05) is 6.07 Å². The van der Waals surface area contributed by atoms with E-state index in [9.17, 15) is 4.79 Å². The number of thiophene rings is 1. The zero-order chi connectivity index (χ0) is 14.8. The van der Waals surface area contributed by atoms with Crippen molar-refractivity contribution >= 4 is 23.0 Å². The lowest BCUT2D eigenvalue weighted by atomic mass is 10.1. The van der Waals surface area contributed by atoms with E-state index in [1.165, 1.54) is 17.7 Å². The lowest BCUT2D eigenvalue weighted by Gasteiger charge is -2.20. The Hall–Kier alpha value is -2.01. The van der Waals surface area contributed by atoms with Crippen molar-refractivity contribution in [3.8, 4) is 5.75 Å². The molecule has 1 saturated carbocycles. The van der Waals surface area contributed by atoms with Gasteiger partial charge in [-0.3, -0.25) is 0 Å². The molecule has 5 heteroatoms. The van der Waals surface area contributed by atoms with E-state index >= 15 is 0 Å². The van der Waals surface area contributed by atoms with Gasteiger partial charge in [0.05, 0.1) is 24.4 Å². The molecule has 1 aliphatic rings. The molecule has 110 valence electrons. The normalized spacial score (nSPS) is 15.5. The van der Waals surface area contributed by atoms with Gasteiger partial charge in [0.1, 0.15) is 5.75 Å². The maximum atomic E-state index is 11.1. The van der Waals surface area contributed by atoms with Gasteiger partial charge >= 0.3 is 5.97 Å². The summed E-state index contributed by atoms with van der Waals surface area (Å²) in [6.45, 7) is 0. The lowest BCUT2D eigenvalue weighted by Crippen LogP contribution is -2.13. The standard InChI is InChI=1S/C16H17NO3S/c1-20-13-7-6-11(16(18)19)9-12(13)17-15(10-4-5-10)14-3-2-8-21-14/h2-3,6-10,15,17H,4-5H2,1H3,(H,18,19). The van der Waals surface area contributed by atoms with Crippen LogP contribution in [0.3, 0.4) is 0 Å². The van der Waals surface area contributed by atoms with Crippen molar-refractivity contribution < 1.29 is 14.6 Å². The predicted octanol–water partition coefficient (Wildman–Crippen LogP) is 4.02. The van der Waals surface area contributed by atoms with Gasteiger partial charge < -0.3 is 15.2 Å². The van der Waals surface area contributed by atoms with E-state index in [1.54, 1.807) is 36.6 Å². The number of benzene rings is 1. The largest absolute Gasteiger partial charge is 0.495 e. The minimum Gasteiger partial charge on any atom is -0.495 e. The topological polar surface area (TPSA) is 58.6 Å². The first kappa shape index (κ1) is 13.9. The molecular formula is C16H17NO3S. The maximum absolute atomic E-state index is 11.1. The highest BCUT2D eigenvalue weighted by molar-refractivity contribution is 7.10. The molecule has 3 rings (SSSR count). The fourth-order valence-electron chi connectivity index (χ4n) is 2.44. The Morgan fingerprint density at radius 1 is 1.43 bits per heavy atom. The summed E-state index contributed by atoms with van der Waals surface area (Å²) in [5.74, 6) is 0.351. The summed E-state index contributed by atoms with van der Waals surface area (Å²) in [5.41, 5.74) is 1.00. The van der Waals surface area contributed by atoms with Gasteiger partial charge in [-0.05, 0) is 48.4 Å². The molecule has 0 amide bonds. The monoisotopic (exact) mass is 303 g/mol. The van der Waals surface area contributed by atoms with Crippen molar-refractivity contribution in [3.05, 3.63) is 46.2 Å². The molecule has 1 unspecified atom stereocenters. The first-order chi connectivity index (χ1) is 10.2. The third-order valence-corrected chi connectivity index (χ3v) is 4.66. The Labute approximate surface area is 127 Å². The van der Waals surface area contributed by atoms with Crippen LogP contribution in [0.5, 0.6) is 5.75 Å². The Balaban J connectivity index is 1.91. The summed E-state index contributed by atoms with van der Waals surface area (Å²) in [5, 5.41) is 14.7. The van der Waals surface area contributed by atoms with E-state index in [2.05, 4.69) is 16.8 Å². The number of carbonyl (C=O) groups is 1. The summed E-state index contributed by atoms with van der Waals surface area (Å²) in [4.78, 5) is 12.4. The SMILES string of the molecule is COc1ccc(C(=O)O)cc1NC(c1cccs1)C1CC1. The van der Waals surface area contributed by atoms with Crippen molar-refractivity contribution in [1.29, 1.82) is 0 Å². The number of carboxylic acid groups (broad SMARTS) is 1. The van der Waals surface area contributed by atoms with Gasteiger partial charge in [0, 0.05) is 4.88 Å². The number of anilines is 1. The minimum atomic E-state index is -0.931. The molecule has 2 aromatic rings. The molecule has 2 N–H and O–H groups in total. The second-order valence-electron chi connectivity index (χ2n) is 5.20. The maximum Gasteiger partial charge on any atom is 0.335 e. The van der Waals surface area contributed by atoms with Crippen LogP contribution < -0.4 is 10.1 Å². The summed E-state index contributed by atoms with van der Waals surface area (Å²) < 4.78 is 5.35. The third-order valence-electron chi connectivity index (χ3n) is 3.70. The molecule has 0 aliphatic heterocycles. The Bertz CT molecular complexity index is 635. The summed E-state index contributed by atoms with van der Waals surface area (Å²) >= 11 is 1.72. The highest BCUT2D eigenvalue weighted by Crippen LogP contribution is 2.45. The van der Waals surface area contributed by atoms with Crippen molar-refractivity contribution in [2.45, 2.75) is 18.9 Å². The van der Waals surface area contributed by atoms with Gasteiger partial charge in [-0.15, -0.1) is 11.3 Å². The molecular weight excluding hydrogens is 286 g/mol. The Morgan fingerprint density at radius 3 is 2.81 bits per heavy atom. The average molecular weight is 303 g/mol. The van der Waals surface area contributed by atoms with Crippen LogP contribution in [-0.4, -0.2) is 18.2 Å². The molecule has 4 nitrogen and oxygen atoms in total. The smallest absolute Gasteiger partial charge is 0.335 e. The average Bonchev–Trinajstić information content (AvgIpc) is 3.18. The number of ether oxygens (including phenoxy) is 1.